The van der Waals surface area contributed by atoms with Crippen molar-refractivity contribution in [3.8, 4) is 5.75 Å². The molecule has 24 heavy (non-hydrogen) atoms. The molecule has 3 rings (SSSR count). The fourth-order valence-electron chi connectivity index (χ4n) is 2.89. The average molecular weight is 324 g/mol. The topological polar surface area (TPSA) is 58.6 Å². The number of rotatable bonds is 5. The number of amides is 2. The minimum absolute atomic E-state index is 0.0554. The van der Waals surface area contributed by atoms with Crippen molar-refractivity contribution in [2.45, 2.75) is 18.9 Å². The van der Waals surface area contributed by atoms with E-state index in [1.165, 1.54) is 0 Å². The van der Waals surface area contributed by atoms with E-state index in [4.69, 9.17) is 4.74 Å². The second kappa shape index (κ2) is 7.17. The molecular weight excluding hydrogens is 304 g/mol. The number of carbonyl (C=O) groups is 2. The van der Waals surface area contributed by atoms with Crippen LogP contribution in [0.15, 0.2) is 54.6 Å². The van der Waals surface area contributed by atoms with Gasteiger partial charge >= 0.3 is 0 Å². The largest absolute Gasteiger partial charge is 0.497 e. The lowest BCUT2D eigenvalue weighted by atomic mass is 10.1. The molecular formula is C19H20N2O3. The van der Waals surface area contributed by atoms with Crippen molar-refractivity contribution >= 4 is 17.5 Å². The van der Waals surface area contributed by atoms with E-state index in [0.717, 1.165) is 11.3 Å². The summed E-state index contributed by atoms with van der Waals surface area (Å²) < 4.78 is 5.16. The Balaban J connectivity index is 1.60. The molecule has 124 valence electrons. The highest BCUT2D eigenvalue weighted by Crippen LogP contribution is 2.21. The Bertz CT molecular complexity index is 730. The Morgan fingerprint density at radius 2 is 2.00 bits per heavy atom. The van der Waals surface area contributed by atoms with E-state index in [-0.39, 0.29) is 18.2 Å². The molecule has 0 saturated carbocycles. The maximum atomic E-state index is 12.5. The van der Waals surface area contributed by atoms with E-state index < -0.39 is 6.04 Å². The van der Waals surface area contributed by atoms with E-state index in [1.54, 1.807) is 12.0 Å². The summed E-state index contributed by atoms with van der Waals surface area (Å²) >= 11 is 0. The first-order chi connectivity index (χ1) is 11.7. The van der Waals surface area contributed by atoms with Gasteiger partial charge in [-0.1, -0.05) is 30.3 Å². The van der Waals surface area contributed by atoms with Crippen LogP contribution < -0.4 is 15.0 Å². The third-order valence-electron chi connectivity index (χ3n) is 4.11. The molecule has 0 unspecified atom stereocenters. The third-order valence-corrected chi connectivity index (χ3v) is 4.11. The third kappa shape index (κ3) is 3.56. The molecule has 2 amide bonds. The highest BCUT2D eigenvalue weighted by molar-refractivity contribution is 6.01. The van der Waals surface area contributed by atoms with E-state index >= 15 is 0 Å². The van der Waals surface area contributed by atoms with Gasteiger partial charge < -0.3 is 15.0 Å². The fourth-order valence-corrected chi connectivity index (χ4v) is 2.89. The monoisotopic (exact) mass is 324 g/mol. The molecule has 1 N–H and O–H groups in total. The molecule has 0 aliphatic carbocycles. The van der Waals surface area contributed by atoms with Crippen molar-refractivity contribution in [3.63, 3.8) is 0 Å². The first-order valence-corrected chi connectivity index (χ1v) is 7.96. The molecule has 1 aliphatic rings. The number of nitrogens with one attached hydrogen (secondary N) is 1. The van der Waals surface area contributed by atoms with Crippen LogP contribution in [0, 0.1) is 0 Å². The number of anilines is 1. The minimum Gasteiger partial charge on any atom is -0.497 e. The molecule has 1 fully saturated rings. The van der Waals surface area contributed by atoms with Crippen molar-refractivity contribution in [1.29, 1.82) is 0 Å². The Morgan fingerprint density at radius 1 is 1.21 bits per heavy atom. The molecule has 1 aliphatic heterocycles. The molecule has 5 heteroatoms. The summed E-state index contributed by atoms with van der Waals surface area (Å²) in [5, 5.41) is 2.84. The van der Waals surface area contributed by atoms with Crippen molar-refractivity contribution in [2.24, 2.45) is 0 Å². The van der Waals surface area contributed by atoms with Crippen molar-refractivity contribution < 1.29 is 14.3 Å². The van der Waals surface area contributed by atoms with Gasteiger partial charge in [-0.15, -0.1) is 0 Å². The van der Waals surface area contributed by atoms with E-state index in [1.807, 2.05) is 54.6 Å². The number of carbonyl (C=O) groups excluding carboxylic acids is 2. The van der Waals surface area contributed by atoms with Crippen LogP contribution in [-0.4, -0.2) is 31.5 Å². The van der Waals surface area contributed by atoms with E-state index in [9.17, 15) is 9.59 Å². The molecule has 2 aromatic carbocycles. The second-order valence-electron chi connectivity index (χ2n) is 5.76. The molecule has 0 bridgehead atoms. The predicted octanol–water partition coefficient (Wildman–Crippen LogP) is 2.16. The van der Waals surface area contributed by atoms with Gasteiger partial charge in [0.2, 0.25) is 11.8 Å². The van der Waals surface area contributed by atoms with Gasteiger partial charge in [0.05, 0.1) is 13.5 Å². The van der Waals surface area contributed by atoms with Gasteiger partial charge in [0.25, 0.3) is 0 Å². The fraction of sp³-hybridized carbons (Fsp3) is 0.263. The Kier molecular flexibility index (Phi) is 4.79. The molecule has 1 atom stereocenters. The van der Waals surface area contributed by atoms with Gasteiger partial charge in [-0.05, 0) is 36.2 Å². The first kappa shape index (κ1) is 16.1. The average Bonchev–Trinajstić information content (AvgIpc) is 2.96. The van der Waals surface area contributed by atoms with E-state index in [2.05, 4.69) is 5.32 Å². The zero-order chi connectivity index (χ0) is 16.9. The van der Waals surface area contributed by atoms with Crippen LogP contribution in [0.4, 0.5) is 5.69 Å². The lowest BCUT2D eigenvalue weighted by molar-refractivity contribution is -0.126. The smallest absolute Gasteiger partial charge is 0.249 e. The number of hydrogen-bond acceptors (Lipinski definition) is 3. The van der Waals surface area contributed by atoms with Crippen LogP contribution in [-0.2, 0) is 16.0 Å². The molecule has 0 spiro atoms. The SMILES string of the molecule is COc1cccc(CC(=O)N[C@@H]2CCN(c3ccccc3)C2=O)c1. The number of para-hydroxylation sites is 1. The maximum Gasteiger partial charge on any atom is 0.249 e. The summed E-state index contributed by atoms with van der Waals surface area (Å²) in [7, 11) is 1.59. The van der Waals surface area contributed by atoms with Crippen LogP contribution in [0.3, 0.4) is 0 Å². The highest BCUT2D eigenvalue weighted by atomic mass is 16.5. The lowest BCUT2D eigenvalue weighted by Gasteiger charge is -2.17. The molecule has 1 saturated heterocycles. The Morgan fingerprint density at radius 3 is 2.75 bits per heavy atom. The molecule has 0 aromatic heterocycles. The number of hydrogen-bond donors (Lipinski definition) is 1. The normalized spacial score (nSPS) is 17.0. The standard InChI is InChI=1S/C19H20N2O3/c1-24-16-9-5-6-14(12-16)13-18(22)20-17-10-11-21(19(17)23)15-7-3-2-4-8-15/h2-9,12,17H,10-11,13H2,1H3,(H,20,22)/t17-/m1/s1. The molecule has 1 heterocycles. The number of ether oxygens (including phenoxy) is 1. The summed E-state index contributed by atoms with van der Waals surface area (Å²) in [5.74, 6) is 0.504. The van der Waals surface area contributed by atoms with E-state index in [0.29, 0.717) is 18.7 Å². The van der Waals surface area contributed by atoms with Gasteiger partial charge in [-0.3, -0.25) is 9.59 Å². The summed E-state index contributed by atoms with van der Waals surface area (Å²) in [5.41, 5.74) is 1.73. The van der Waals surface area contributed by atoms with Crippen LogP contribution in [0.1, 0.15) is 12.0 Å². The quantitative estimate of drug-likeness (QED) is 0.917. The summed E-state index contributed by atoms with van der Waals surface area (Å²) in [4.78, 5) is 26.4. The van der Waals surface area contributed by atoms with Crippen LogP contribution >= 0.6 is 0 Å². The van der Waals surface area contributed by atoms with Crippen molar-refractivity contribution in [2.75, 3.05) is 18.6 Å². The molecule has 0 radical (unpaired) electrons. The summed E-state index contributed by atoms with van der Waals surface area (Å²) in [6.07, 6.45) is 0.851. The summed E-state index contributed by atoms with van der Waals surface area (Å²) in [6, 6.07) is 16.4. The van der Waals surface area contributed by atoms with Gasteiger partial charge in [0, 0.05) is 12.2 Å². The Hall–Kier alpha value is -2.82. The van der Waals surface area contributed by atoms with Gasteiger partial charge in [0.15, 0.2) is 0 Å². The van der Waals surface area contributed by atoms with Crippen LogP contribution in [0.2, 0.25) is 0 Å². The number of methoxy groups -OCH3 is 1. The minimum atomic E-state index is -0.455. The van der Waals surface area contributed by atoms with Crippen molar-refractivity contribution in [3.05, 3.63) is 60.2 Å². The summed E-state index contributed by atoms with van der Waals surface area (Å²) in [6.45, 7) is 0.618. The zero-order valence-electron chi connectivity index (χ0n) is 13.6. The van der Waals surface area contributed by atoms with Gasteiger partial charge in [0.1, 0.15) is 11.8 Å². The maximum absolute atomic E-state index is 12.5. The first-order valence-electron chi connectivity index (χ1n) is 7.96. The highest BCUT2D eigenvalue weighted by Gasteiger charge is 2.33. The van der Waals surface area contributed by atoms with Gasteiger partial charge in [-0.2, -0.15) is 0 Å². The number of nitrogens with zero attached hydrogens (tertiary/aromatic N) is 1. The predicted molar refractivity (Wildman–Crippen MR) is 92.0 cm³/mol. The van der Waals surface area contributed by atoms with Gasteiger partial charge in [-0.25, -0.2) is 0 Å². The van der Waals surface area contributed by atoms with Crippen molar-refractivity contribution in [1.82, 2.24) is 5.32 Å². The van der Waals surface area contributed by atoms with Crippen LogP contribution in [0.5, 0.6) is 5.75 Å². The number of benzene rings is 2. The second-order valence-corrected chi connectivity index (χ2v) is 5.76. The Labute approximate surface area is 141 Å². The molecule has 2 aromatic rings. The van der Waals surface area contributed by atoms with Crippen LogP contribution in [0.25, 0.3) is 0 Å². The lowest BCUT2D eigenvalue weighted by Crippen LogP contribution is -2.42. The molecule has 5 nitrogen and oxygen atoms in total. The zero-order valence-corrected chi connectivity index (χ0v) is 13.6.